The minimum absolute atomic E-state index is 0.123. The first-order valence-corrected chi connectivity index (χ1v) is 12.4. The Balaban J connectivity index is 2.02. The number of ether oxygens (including phenoxy) is 3. The molecule has 3 rings (SSSR count). The highest BCUT2D eigenvalue weighted by Gasteiger charge is 2.30. The van der Waals surface area contributed by atoms with Crippen LogP contribution < -0.4 is 0 Å². The number of phenolic OH excluding ortho intramolecular Hbond substituents is 6. The molecule has 3 aromatic rings. The van der Waals surface area contributed by atoms with Crippen LogP contribution in [-0.2, 0) is 41.4 Å². The van der Waals surface area contributed by atoms with E-state index in [1.165, 1.54) is 24.3 Å². The maximum Gasteiger partial charge on any atom is 0.347 e. The first kappa shape index (κ1) is 31.4. The van der Waals surface area contributed by atoms with Gasteiger partial charge in [-0.2, -0.15) is 0 Å². The van der Waals surface area contributed by atoms with Crippen LogP contribution in [0.25, 0.3) is 0 Å². The third kappa shape index (κ3) is 7.52. The molecule has 3 aromatic carbocycles. The Morgan fingerprint density at radius 3 is 1.86 bits per heavy atom. The van der Waals surface area contributed by atoms with Crippen molar-refractivity contribution in [2.24, 2.45) is 0 Å². The van der Waals surface area contributed by atoms with Gasteiger partial charge in [0.05, 0.1) is 20.6 Å². The zero-order valence-electron chi connectivity index (χ0n) is 22.6. The summed E-state index contributed by atoms with van der Waals surface area (Å²) in [6, 6.07) is 9.63. The molecule has 0 aliphatic rings. The van der Waals surface area contributed by atoms with Crippen LogP contribution in [0, 0.1) is 0 Å². The number of carbonyl (C=O) groups excluding carboxylic acids is 3. The molecule has 0 radical (unpaired) electrons. The van der Waals surface area contributed by atoms with E-state index in [1.54, 1.807) is 0 Å². The van der Waals surface area contributed by atoms with Crippen molar-refractivity contribution in [3.8, 4) is 34.5 Å². The van der Waals surface area contributed by atoms with E-state index in [2.05, 4.69) is 4.74 Å². The number of aliphatic hydroxyl groups is 1. The van der Waals surface area contributed by atoms with E-state index < -0.39 is 83.4 Å². The molecule has 7 N–H and O–H groups in total. The second-order valence-corrected chi connectivity index (χ2v) is 9.32. The molecule has 0 spiro atoms. The van der Waals surface area contributed by atoms with Crippen molar-refractivity contribution in [3.05, 3.63) is 70.8 Å². The lowest BCUT2D eigenvalue weighted by molar-refractivity contribution is -0.166. The fraction of sp³-hybridized carbons (Fsp3) is 0.276. The topological polar surface area (TPSA) is 221 Å². The summed E-state index contributed by atoms with van der Waals surface area (Å²) in [7, 11) is 2.15. The lowest BCUT2D eigenvalue weighted by Crippen LogP contribution is -2.31. The molecular weight excluding hydrogens is 556 g/mol. The zero-order chi connectivity index (χ0) is 31.1. The summed E-state index contributed by atoms with van der Waals surface area (Å²) in [6.45, 7) is 0. The van der Waals surface area contributed by atoms with Crippen LogP contribution in [0.5, 0.6) is 34.5 Å². The molecule has 0 fully saturated rings. The molecule has 3 unspecified atom stereocenters. The average Bonchev–Trinajstić information content (AvgIpc) is 2.95. The number of carbonyl (C=O) groups is 3. The van der Waals surface area contributed by atoms with Crippen LogP contribution in [0.2, 0.25) is 0 Å². The summed E-state index contributed by atoms with van der Waals surface area (Å²) < 4.78 is 14.7. The van der Waals surface area contributed by atoms with E-state index in [0.29, 0.717) is 5.56 Å². The van der Waals surface area contributed by atoms with Crippen molar-refractivity contribution in [2.45, 2.75) is 37.4 Å². The molecule has 0 amide bonds. The van der Waals surface area contributed by atoms with Crippen LogP contribution in [0.15, 0.2) is 48.5 Å². The summed E-state index contributed by atoms with van der Waals surface area (Å²) >= 11 is 0. The number of rotatable bonds is 11. The van der Waals surface area contributed by atoms with Crippen LogP contribution in [-0.4, -0.2) is 80.1 Å². The predicted molar refractivity (Wildman–Crippen MR) is 143 cm³/mol. The Morgan fingerprint density at radius 1 is 0.690 bits per heavy atom. The van der Waals surface area contributed by atoms with Gasteiger partial charge in [0.2, 0.25) is 6.10 Å². The number of methoxy groups -OCH3 is 2. The second kappa shape index (κ2) is 13.5. The number of aromatic hydroxyl groups is 6. The molecule has 42 heavy (non-hydrogen) atoms. The van der Waals surface area contributed by atoms with Gasteiger partial charge >= 0.3 is 17.9 Å². The molecular formula is C29H30O13. The van der Waals surface area contributed by atoms with E-state index in [1.807, 2.05) is 0 Å². The summed E-state index contributed by atoms with van der Waals surface area (Å²) in [5.41, 5.74) is 0.807. The van der Waals surface area contributed by atoms with Gasteiger partial charge in [0.1, 0.15) is 0 Å². The minimum Gasteiger partial charge on any atom is -0.504 e. The third-order valence-electron chi connectivity index (χ3n) is 6.47. The Labute approximate surface area is 239 Å². The van der Waals surface area contributed by atoms with Gasteiger partial charge in [0, 0.05) is 18.8 Å². The Hall–Kier alpha value is -5.17. The Morgan fingerprint density at radius 2 is 1.26 bits per heavy atom. The smallest absolute Gasteiger partial charge is 0.347 e. The predicted octanol–water partition coefficient (Wildman–Crippen LogP) is 1.85. The highest BCUT2D eigenvalue weighted by molar-refractivity contribution is 5.80. The van der Waals surface area contributed by atoms with Crippen molar-refractivity contribution < 1.29 is 64.3 Å². The van der Waals surface area contributed by atoms with Gasteiger partial charge in [-0.1, -0.05) is 12.1 Å². The summed E-state index contributed by atoms with van der Waals surface area (Å²) in [6.07, 6.45) is -4.32. The van der Waals surface area contributed by atoms with E-state index >= 15 is 0 Å². The summed E-state index contributed by atoms with van der Waals surface area (Å²) in [5.74, 6) is -6.95. The number of hydrogen-bond donors (Lipinski definition) is 7. The summed E-state index contributed by atoms with van der Waals surface area (Å²) in [4.78, 5) is 37.6. The van der Waals surface area contributed by atoms with E-state index in [-0.39, 0.29) is 23.1 Å². The van der Waals surface area contributed by atoms with Gasteiger partial charge < -0.3 is 50.0 Å². The molecule has 0 aromatic heterocycles. The van der Waals surface area contributed by atoms with Crippen LogP contribution in [0.1, 0.15) is 34.6 Å². The number of benzene rings is 3. The fourth-order valence-electron chi connectivity index (χ4n) is 4.32. The Bertz CT molecular complexity index is 1470. The van der Waals surface area contributed by atoms with Gasteiger partial charge in [-0.25, -0.2) is 9.59 Å². The quantitative estimate of drug-likeness (QED) is 0.0970. The zero-order valence-corrected chi connectivity index (χ0v) is 22.6. The minimum atomic E-state index is -1.68. The van der Waals surface area contributed by atoms with Crippen LogP contribution >= 0.6 is 0 Å². The van der Waals surface area contributed by atoms with Crippen molar-refractivity contribution in [3.63, 3.8) is 0 Å². The second-order valence-electron chi connectivity index (χ2n) is 9.32. The lowest BCUT2D eigenvalue weighted by Gasteiger charge is -2.24. The van der Waals surface area contributed by atoms with Crippen molar-refractivity contribution in [2.75, 3.05) is 14.2 Å². The van der Waals surface area contributed by atoms with Crippen molar-refractivity contribution >= 4 is 17.9 Å². The molecule has 224 valence electrons. The van der Waals surface area contributed by atoms with Crippen molar-refractivity contribution in [1.82, 2.24) is 0 Å². The van der Waals surface area contributed by atoms with Crippen molar-refractivity contribution in [1.29, 1.82) is 0 Å². The number of aliphatic hydroxyl groups excluding tert-OH is 1. The molecule has 13 nitrogen and oxygen atoms in total. The normalized spacial score (nSPS) is 13.0. The molecule has 0 bridgehead atoms. The number of esters is 3. The average molecular weight is 587 g/mol. The number of phenols is 6. The molecule has 3 atom stereocenters. The van der Waals surface area contributed by atoms with Gasteiger partial charge in [-0.3, -0.25) is 4.79 Å². The SMILES string of the molecule is COC(=O)C(O)Cc1cc(O)c(O)cc1C(CC(=O)OC(Cc1ccc(O)c(O)c1)C(=O)OC)c1ccc(O)c(O)c1. The third-order valence-corrected chi connectivity index (χ3v) is 6.47. The lowest BCUT2D eigenvalue weighted by atomic mass is 9.83. The van der Waals surface area contributed by atoms with Gasteiger partial charge in [0.25, 0.3) is 0 Å². The standard InChI is InChI=1S/C29H30O13/c1-40-28(38)25(36)11-16-10-23(34)24(35)12-17(16)18(15-4-6-20(31)22(33)9-15)13-27(37)42-26(29(39)41-2)8-14-3-5-19(30)21(32)7-14/h3-7,9-10,12,18,25-26,30-36H,8,11,13H2,1-2H3. The molecule has 0 saturated heterocycles. The van der Waals surface area contributed by atoms with Gasteiger partial charge in [-0.15, -0.1) is 0 Å². The van der Waals surface area contributed by atoms with Gasteiger partial charge in [0.15, 0.2) is 40.6 Å². The number of hydrogen-bond acceptors (Lipinski definition) is 13. The van der Waals surface area contributed by atoms with Crippen LogP contribution in [0.4, 0.5) is 0 Å². The molecule has 0 aliphatic heterocycles. The maximum absolute atomic E-state index is 13.3. The largest absolute Gasteiger partial charge is 0.504 e. The van der Waals surface area contributed by atoms with Crippen LogP contribution in [0.3, 0.4) is 0 Å². The molecule has 13 heteroatoms. The fourth-order valence-corrected chi connectivity index (χ4v) is 4.32. The molecule has 0 heterocycles. The molecule has 0 aliphatic carbocycles. The Kier molecular flexibility index (Phi) is 10.0. The molecule has 0 saturated carbocycles. The summed E-state index contributed by atoms with van der Waals surface area (Å²) in [5, 5.41) is 70.0. The van der Waals surface area contributed by atoms with E-state index in [4.69, 9.17) is 9.47 Å². The monoisotopic (exact) mass is 586 g/mol. The first-order valence-electron chi connectivity index (χ1n) is 12.4. The first-order chi connectivity index (χ1) is 19.8. The highest BCUT2D eigenvalue weighted by Crippen LogP contribution is 2.40. The van der Waals surface area contributed by atoms with E-state index in [0.717, 1.165) is 38.5 Å². The highest BCUT2D eigenvalue weighted by atomic mass is 16.6. The van der Waals surface area contributed by atoms with Gasteiger partial charge in [-0.05, 0) is 58.7 Å². The van der Waals surface area contributed by atoms with E-state index in [9.17, 15) is 50.1 Å². The maximum atomic E-state index is 13.3.